The van der Waals surface area contributed by atoms with Gasteiger partial charge in [-0.05, 0) is 24.7 Å². The second-order valence-corrected chi connectivity index (χ2v) is 6.24. The monoisotopic (exact) mass is 185 g/mol. The normalized spacial score (nSPS) is 38.5. The Morgan fingerprint density at radius 1 is 1.50 bits per heavy atom. The van der Waals surface area contributed by atoms with Crippen molar-refractivity contribution in [3.8, 4) is 0 Å². The van der Waals surface area contributed by atoms with E-state index in [2.05, 4.69) is 30.9 Å². The van der Waals surface area contributed by atoms with E-state index in [-0.39, 0.29) is 0 Å². The van der Waals surface area contributed by atoms with E-state index in [1.807, 2.05) is 0 Å². The van der Waals surface area contributed by atoms with Gasteiger partial charge in [0, 0.05) is 23.6 Å². The van der Waals surface area contributed by atoms with E-state index < -0.39 is 0 Å². The summed E-state index contributed by atoms with van der Waals surface area (Å²) in [5, 5.41) is 4.58. The highest BCUT2D eigenvalue weighted by Gasteiger charge is 2.37. The lowest BCUT2D eigenvalue weighted by atomic mass is 10.1. The summed E-state index contributed by atoms with van der Waals surface area (Å²) in [6.45, 7) is 5.99. The molecule has 1 saturated carbocycles. The van der Waals surface area contributed by atoms with Crippen LogP contribution < -0.4 is 5.32 Å². The lowest BCUT2D eigenvalue weighted by Crippen LogP contribution is -2.33. The third-order valence-electron chi connectivity index (χ3n) is 3.12. The van der Waals surface area contributed by atoms with Gasteiger partial charge < -0.3 is 5.32 Å². The summed E-state index contributed by atoms with van der Waals surface area (Å²) in [5.74, 6) is 1.33. The first-order chi connectivity index (χ1) is 5.68. The molecule has 0 aromatic carbocycles. The van der Waals surface area contributed by atoms with Gasteiger partial charge in [-0.25, -0.2) is 0 Å². The van der Waals surface area contributed by atoms with Gasteiger partial charge in [0.2, 0.25) is 0 Å². The first kappa shape index (κ1) is 8.89. The number of rotatable bonds is 3. The van der Waals surface area contributed by atoms with Crippen molar-refractivity contribution in [2.24, 2.45) is 5.41 Å². The lowest BCUT2D eigenvalue weighted by Gasteiger charge is -2.15. The summed E-state index contributed by atoms with van der Waals surface area (Å²) in [6, 6.07) is 0.808. The number of hydrogen-bond acceptors (Lipinski definition) is 2. The molecule has 0 spiro atoms. The highest BCUT2D eigenvalue weighted by atomic mass is 32.2. The molecule has 0 bridgehead atoms. The standard InChI is InChI=1S/C10H19NS/c1-8-5-9(6-12-8)11-7-10(2)3-4-10/h8-9,11H,3-7H2,1-2H3. The third-order valence-corrected chi connectivity index (χ3v) is 4.48. The predicted molar refractivity (Wildman–Crippen MR) is 55.7 cm³/mol. The van der Waals surface area contributed by atoms with Crippen molar-refractivity contribution in [2.75, 3.05) is 12.3 Å². The quantitative estimate of drug-likeness (QED) is 0.724. The van der Waals surface area contributed by atoms with Gasteiger partial charge in [0.15, 0.2) is 0 Å². The molecule has 0 radical (unpaired) electrons. The van der Waals surface area contributed by atoms with E-state index in [4.69, 9.17) is 0 Å². The Balaban J connectivity index is 1.67. The Labute approximate surface area is 79.7 Å². The number of thioether (sulfide) groups is 1. The molecule has 1 heterocycles. The van der Waals surface area contributed by atoms with Crippen LogP contribution in [0.4, 0.5) is 0 Å². The van der Waals surface area contributed by atoms with Crippen molar-refractivity contribution >= 4 is 11.8 Å². The van der Waals surface area contributed by atoms with Crippen LogP contribution in [0.5, 0.6) is 0 Å². The van der Waals surface area contributed by atoms with E-state index in [1.54, 1.807) is 0 Å². The molecule has 0 aromatic rings. The average Bonchev–Trinajstić information content (AvgIpc) is 2.60. The molecule has 0 amide bonds. The maximum Gasteiger partial charge on any atom is 0.0168 e. The van der Waals surface area contributed by atoms with Gasteiger partial charge >= 0.3 is 0 Å². The van der Waals surface area contributed by atoms with Gasteiger partial charge in [0.25, 0.3) is 0 Å². The van der Waals surface area contributed by atoms with Crippen molar-refractivity contribution in [2.45, 2.75) is 44.4 Å². The number of nitrogens with one attached hydrogen (secondary N) is 1. The Hall–Kier alpha value is 0.310. The maximum absolute atomic E-state index is 3.69. The van der Waals surface area contributed by atoms with Gasteiger partial charge in [-0.3, -0.25) is 0 Å². The molecule has 1 aliphatic carbocycles. The average molecular weight is 185 g/mol. The predicted octanol–water partition coefficient (Wildman–Crippen LogP) is 2.27. The van der Waals surface area contributed by atoms with Gasteiger partial charge in [0.1, 0.15) is 0 Å². The van der Waals surface area contributed by atoms with E-state index in [0.717, 1.165) is 11.3 Å². The minimum absolute atomic E-state index is 0.677. The maximum atomic E-state index is 3.69. The summed E-state index contributed by atoms with van der Waals surface area (Å²) in [4.78, 5) is 0. The van der Waals surface area contributed by atoms with Crippen molar-refractivity contribution in [3.05, 3.63) is 0 Å². The third kappa shape index (κ3) is 2.17. The summed E-state index contributed by atoms with van der Waals surface area (Å²) >= 11 is 2.11. The van der Waals surface area contributed by atoms with E-state index >= 15 is 0 Å². The number of hydrogen-bond donors (Lipinski definition) is 1. The van der Waals surface area contributed by atoms with E-state index in [0.29, 0.717) is 5.41 Å². The van der Waals surface area contributed by atoms with Crippen LogP contribution in [-0.4, -0.2) is 23.6 Å². The molecule has 12 heavy (non-hydrogen) atoms. The fourth-order valence-corrected chi connectivity index (χ4v) is 2.92. The molecule has 2 rings (SSSR count). The molecule has 70 valence electrons. The largest absolute Gasteiger partial charge is 0.313 e. The van der Waals surface area contributed by atoms with Crippen LogP contribution in [0.25, 0.3) is 0 Å². The molecule has 1 saturated heterocycles. The molecule has 2 atom stereocenters. The topological polar surface area (TPSA) is 12.0 Å². The Morgan fingerprint density at radius 3 is 2.75 bits per heavy atom. The summed E-state index contributed by atoms with van der Waals surface area (Å²) in [7, 11) is 0. The molecule has 2 heteroatoms. The van der Waals surface area contributed by atoms with E-state index in [1.165, 1.54) is 31.6 Å². The minimum Gasteiger partial charge on any atom is -0.313 e. The molecule has 2 unspecified atom stereocenters. The Morgan fingerprint density at radius 2 is 2.25 bits per heavy atom. The zero-order chi connectivity index (χ0) is 8.60. The van der Waals surface area contributed by atoms with Crippen LogP contribution in [0.1, 0.15) is 33.1 Å². The SMILES string of the molecule is CC1CC(NCC2(C)CC2)CS1. The van der Waals surface area contributed by atoms with Gasteiger partial charge in [-0.2, -0.15) is 11.8 Å². The molecule has 2 fully saturated rings. The first-order valence-electron chi connectivity index (χ1n) is 5.03. The van der Waals surface area contributed by atoms with Crippen LogP contribution in [0.15, 0.2) is 0 Å². The summed E-state index contributed by atoms with van der Waals surface area (Å²) in [5.41, 5.74) is 0.677. The minimum atomic E-state index is 0.677. The van der Waals surface area contributed by atoms with E-state index in [9.17, 15) is 0 Å². The fraction of sp³-hybridized carbons (Fsp3) is 1.00. The second kappa shape index (κ2) is 3.22. The van der Waals surface area contributed by atoms with Crippen LogP contribution in [0.3, 0.4) is 0 Å². The van der Waals surface area contributed by atoms with Crippen LogP contribution >= 0.6 is 11.8 Å². The highest BCUT2D eigenvalue weighted by Crippen LogP contribution is 2.44. The molecule has 0 aromatic heterocycles. The Kier molecular flexibility index (Phi) is 2.39. The molecule has 1 nitrogen and oxygen atoms in total. The zero-order valence-corrected chi connectivity index (χ0v) is 8.91. The second-order valence-electron chi connectivity index (χ2n) is 4.77. The van der Waals surface area contributed by atoms with Crippen LogP contribution in [0, 0.1) is 5.41 Å². The molecular formula is C10H19NS. The van der Waals surface area contributed by atoms with Gasteiger partial charge in [0.05, 0.1) is 0 Å². The molecule has 1 aliphatic heterocycles. The van der Waals surface area contributed by atoms with Crippen molar-refractivity contribution in [1.29, 1.82) is 0 Å². The van der Waals surface area contributed by atoms with Gasteiger partial charge in [-0.1, -0.05) is 13.8 Å². The van der Waals surface area contributed by atoms with Crippen molar-refractivity contribution in [3.63, 3.8) is 0 Å². The molecule has 2 aliphatic rings. The molecule has 1 N–H and O–H groups in total. The first-order valence-corrected chi connectivity index (χ1v) is 6.08. The lowest BCUT2D eigenvalue weighted by molar-refractivity contribution is 0.446. The Bertz CT molecular complexity index is 165. The van der Waals surface area contributed by atoms with Crippen molar-refractivity contribution < 1.29 is 0 Å². The van der Waals surface area contributed by atoms with Crippen LogP contribution in [0.2, 0.25) is 0 Å². The summed E-state index contributed by atoms with van der Waals surface area (Å²) < 4.78 is 0. The van der Waals surface area contributed by atoms with Crippen LogP contribution in [-0.2, 0) is 0 Å². The smallest absolute Gasteiger partial charge is 0.0168 e. The van der Waals surface area contributed by atoms with Crippen molar-refractivity contribution in [1.82, 2.24) is 5.32 Å². The van der Waals surface area contributed by atoms with Gasteiger partial charge in [-0.15, -0.1) is 0 Å². The highest BCUT2D eigenvalue weighted by molar-refractivity contribution is 8.00. The zero-order valence-electron chi connectivity index (χ0n) is 8.10. The molecular weight excluding hydrogens is 166 g/mol. The fourth-order valence-electron chi connectivity index (χ4n) is 1.74. The summed E-state index contributed by atoms with van der Waals surface area (Å²) in [6.07, 6.45) is 4.26.